The van der Waals surface area contributed by atoms with Gasteiger partial charge in [-0.15, -0.1) is 0 Å². The van der Waals surface area contributed by atoms with Gasteiger partial charge in [-0.3, -0.25) is 0 Å². The van der Waals surface area contributed by atoms with Crippen molar-refractivity contribution in [2.75, 3.05) is 7.11 Å². The molecule has 4 nitrogen and oxygen atoms in total. The van der Waals surface area contributed by atoms with E-state index in [0.29, 0.717) is 24.5 Å². The fourth-order valence-electron chi connectivity index (χ4n) is 1.97. The lowest BCUT2D eigenvalue weighted by Crippen LogP contribution is -2.22. The van der Waals surface area contributed by atoms with Gasteiger partial charge in [0.1, 0.15) is 6.61 Å². The third kappa shape index (κ3) is 4.53. The molecule has 0 saturated carbocycles. The average molecular weight is 285 g/mol. The Morgan fingerprint density at radius 3 is 2.48 bits per heavy atom. The molecule has 0 fully saturated rings. The Labute approximate surface area is 123 Å². The van der Waals surface area contributed by atoms with Crippen LogP contribution in [0.25, 0.3) is 0 Å². The van der Waals surface area contributed by atoms with Gasteiger partial charge in [0.05, 0.1) is 7.11 Å². The zero-order chi connectivity index (χ0) is 15.1. The molecule has 2 aromatic carbocycles. The number of carboxylic acid groups (broad SMARTS) is 1. The Kier molecular flexibility index (Phi) is 5.21. The number of methoxy groups -OCH3 is 1. The van der Waals surface area contributed by atoms with Gasteiger partial charge in [-0.2, -0.15) is 0 Å². The molecule has 0 N–H and O–H groups in total. The number of aryl methyl sites for hydroxylation is 1. The molecule has 2 rings (SSSR count). The van der Waals surface area contributed by atoms with E-state index in [2.05, 4.69) is 0 Å². The quantitative estimate of drug-likeness (QED) is 0.780. The first-order chi connectivity index (χ1) is 10.2. The summed E-state index contributed by atoms with van der Waals surface area (Å²) in [6.45, 7) is 0.454. The molecule has 0 bridgehead atoms. The number of hydrogen-bond donors (Lipinski definition) is 0. The summed E-state index contributed by atoms with van der Waals surface area (Å²) in [5.74, 6) is 0.179. The van der Waals surface area contributed by atoms with Gasteiger partial charge in [-0.05, 0) is 36.1 Å². The predicted molar refractivity (Wildman–Crippen MR) is 77.1 cm³/mol. The number of benzene rings is 2. The molecule has 0 amide bonds. The van der Waals surface area contributed by atoms with Crippen LogP contribution in [-0.4, -0.2) is 13.1 Å². The number of carbonyl (C=O) groups is 1. The summed E-state index contributed by atoms with van der Waals surface area (Å²) in [4.78, 5) is 10.5. The molecule has 2 aromatic rings. The standard InChI is InChI=1S/C17H18O4/c1-20-16-11-13(8-10-17(18)19)7-9-15(16)21-12-14-5-3-2-4-6-14/h2-7,9,11H,8,10,12H2,1H3,(H,18,19)/p-1. The minimum absolute atomic E-state index is 0.00657. The number of aliphatic carboxylic acids is 1. The summed E-state index contributed by atoms with van der Waals surface area (Å²) in [6, 6.07) is 15.3. The Morgan fingerprint density at radius 1 is 1.05 bits per heavy atom. The normalized spacial score (nSPS) is 10.1. The molecule has 110 valence electrons. The number of carboxylic acids is 1. The fourth-order valence-corrected chi connectivity index (χ4v) is 1.97. The first-order valence-corrected chi connectivity index (χ1v) is 6.72. The molecule has 0 spiro atoms. The smallest absolute Gasteiger partial charge is 0.161 e. The molecule has 0 aromatic heterocycles. The molecule has 21 heavy (non-hydrogen) atoms. The van der Waals surface area contributed by atoms with Crippen LogP contribution in [0.3, 0.4) is 0 Å². The highest BCUT2D eigenvalue weighted by Crippen LogP contribution is 2.29. The lowest BCUT2D eigenvalue weighted by molar-refractivity contribution is -0.305. The summed E-state index contributed by atoms with van der Waals surface area (Å²) in [6.07, 6.45) is 0.408. The molecule has 0 unspecified atom stereocenters. The molecule has 0 heterocycles. The largest absolute Gasteiger partial charge is 0.550 e. The zero-order valence-electron chi connectivity index (χ0n) is 11.9. The van der Waals surface area contributed by atoms with Gasteiger partial charge in [0, 0.05) is 5.97 Å². The fraction of sp³-hybridized carbons (Fsp3) is 0.235. The van der Waals surface area contributed by atoms with E-state index in [4.69, 9.17) is 9.47 Å². The molecular weight excluding hydrogens is 268 g/mol. The third-order valence-electron chi connectivity index (χ3n) is 3.08. The third-order valence-corrected chi connectivity index (χ3v) is 3.08. The van der Waals surface area contributed by atoms with E-state index in [1.165, 1.54) is 0 Å². The first kappa shape index (κ1) is 14.9. The van der Waals surface area contributed by atoms with Gasteiger partial charge in [-0.25, -0.2) is 0 Å². The van der Waals surface area contributed by atoms with Crippen molar-refractivity contribution >= 4 is 5.97 Å². The maximum atomic E-state index is 10.5. The maximum Gasteiger partial charge on any atom is 0.161 e. The van der Waals surface area contributed by atoms with Crippen molar-refractivity contribution < 1.29 is 19.4 Å². The van der Waals surface area contributed by atoms with Gasteiger partial charge in [0.2, 0.25) is 0 Å². The Balaban J connectivity index is 2.04. The molecule has 4 heteroatoms. The summed E-state index contributed by atoms with van der Waals surface area (Å²) >= 11 is 0. The van der Waals surface area contributed by atoms with E-state index >= 15 is 0 Å². The highest BCUT2D eigenvalue weighted by Gasteiger charge is 2.06. The van der Waals surface area contributed by atoms with E-state index in [9.17, 15) is 9.90 Å². The lowest BCUT2D eigenvalue weighted by Gasteiger charge is -2.12. The van der Waals surface area contributed by atoms with Crippen LogP contribution in [0.2, 0.25) is 0 Å². The topological polar surface area (TPSA) is 58.6 Å². The molecule has 0 atom stereocenters. The Morgan fingerprint density at radius 2 is 1.81 bits per heavy atom. The number of rotatable bonds is 7. The van der Waals surface area contributed by atoms with E-state index in [1.807, 2.05) is 36.4 Å². The molecule has 0 aliphatic rings. The SMILES string of the molecule is COc1cc(CCC(=O)[O-])ccc1OCc1ccccc1. The zero-order valence-corrected chi connectivity index (χ0v) is 11.9. The first-order valence-electron chi connectivity index (χ1n) is 6.72. The van der Waals surface area contributed by atoms with Crippen molar-refractivity contribution in [3.63, 3.8) is 0 Å². The van der Waals surface area contributed by atoms with Crippen molar-refractivity contribution in [3.05, 3.63) is 59.7 Å². The van der Waals surface area contributed by atoms with Crippen LogP contribution in [0.4, 0.5) is 0 Å². The monoisotopic (exact) mass is 285 g/mol. The highest BCUT2D eigenvalue weighted by molar-refractivity contribution is 5.64. The van der Waals surface area contributed by atoms with Crippen LogP contribution in [0.1, 0.15) is 17.5 Å². The minimum Gasteiger partial charge on any atom is -0.550 e. The number of hydrogen-bond acceptors (Lipinski definition) is 4. The molecular formula is C17H17O4-. The molecule has 0 aliphatic heterocycles. The van der Waals surface area contributed by atoms with Gasteiger partial charge in [-0.1, -0.05) is 36.4 Å². The van der Waals surface area contributed by atoms with Crippen LogP contribution in [0.15, 0.2) is 48.5 Å². The van der Waals surface area contributed by atoms with E-state index in [-0.39, 0.29) is 6.42 Å². The van der Waals surface area contributed by atoms with Crippen LogP contribution >= 0.6 is 0 Å². The lowest BCUT2D eigenvalue weighted by atomic mass is 10.1. The van der Waals surface area contributed by atoms with Gasteiger partial charge >= 0.3 is 0 Å². The van der Waals surface area contributed by atoms with Crippen LogP contribution < -0.4 is 14.6 Å². The van der Waals surface area contributed by atoms with Crippen LogP contribution in [0, 0.1) is 0 Å². The van der Waals surface area contributed by atoms with Gasteiger partial charge in [0.25, 0.3) is 0 Å². The van der Waals surface area contributed by atoms with Crippen molar-refractivity contribution in [3.8, 4) is 11.5 Å². The van der Waals surface area contributed by atoms with Crippen molar-refractivity contribution in [2.45, 2.75) is 19.4 Å². The maximum absolute atomic E-state index is 10.5. The minimum atomic E-state index is -1.06. The van der Waals surface area contributed by atoms with Gasteiger partial charge in [0.15, 0.2) is 11.5 Å². The van der Waals surface area contributed by atoms with Crippen molar-refractivity contribution in [1.82, 2.24) is 0 Å². The van der Waals surface area contributed by atoms with Gasteiger partial charge < -0.3 is 19.4 Å². The summed E-state index contributed by atoms with van der Waals surface area (Å²) < 4.78 is 11.0. The second-order valence-corrected chi connectivity index (χ2v) is 4.63. The number of ether oxygens (including phenoxy) is 2. The predicted octanol–water partition coefficient (Wildman–Crippen LogP) is 1.96. The van der Waals surface area contributed by atoms with Crippen molar-refractivity contribution in [2.24, 2.45) is 0 Å². The Bertz CT molecular complexity index is 593. The molecule has 0 aliphatic carbocycles. The average Bonchev–Trinajstić information content (AvgIpc) is 2.52. The highest BCUT2D eigenvalue weighted by atomic mass is 16.5. The molecule has 0 saturated heterocycles. The summed E-state index contributed by atoms with van der Waals surface area (Å²) in [5.41, 5.74) is 1.95. The van der Waals surface area contributed by atoms with E-state index in [0.717, 1.165) is 11.1 Å². The second-order valence-electron chi connectivity index (χ2n) is 4.63. The van der Waals surface area contributed by atoms with Crippen LogP contribution in [0.5, 0.6) is 11.5 Å². The van der Waals surface area contributed by atoms with Crippen molar-refractivity contribution in [1.29, 1.82) is 0 Å². The Hall–Kier alpha value is -2.49. The summed E-state index contributed by atoms with van der Waals surface area (Å²) in [5, 5.41) is 10.5. The van der Waals surface area contributed by atoms with E-state index in [1.54, 1.807) is 19.2 Å². The van der Waals surface area contributed by atoms with Crippen LogP contribution in [-0.2, 0) is 17.8 Å². The second kappa shape index (κ2) is 7.33. The summed E-state index contributed by atoms with van der Waals surface area (Å²) in [7, 11) is 1.56. The number of carbonyl (C=O) groups excluding carboxylic acids is 1. The molecule has 0 radical (unpaired) electrons. The van der Waals surface area contributed by atoms with E-state index < -0.39 is 5.97 Å².